The minimum atomic E-state index is -0.498. The van der Waals surface area contributed by atoms with Crippen LogP contribution in [0.15, 0.2) is 21.1 Å². The number of fused-ring (bicyclic) bond motifs is 1. The molecule has 3 rings (SSSR count). The molecule has 1 aromatic heterocycles. The van der Waals surface area contributed by atoms with E-state index in [1.165, 1.54) is 18.4 Å². The number of methoxy groups -OCH3 is 1. The highest BCUT2D eigenvalue weighted by atomic mass is 79.9. The largest absolute Gasteiger partial charge is 0.495 e. The van der Waals surface area contributed by atoms with E-state index in [4.69, 9.17) is 10.5 Å². The van der Waals surface area contributed by atoms with E-state index in [9.17, 15) is 9.59 Å². The second-order valence-electron chi connectivity index (χ2n) is 6.06. The summed E-state index contributed by atoms with van der Waals surface area (Å²) >= 11 is 8.24. The zero-order chi connectivity index (χ0) is 18.8. The van der Waals surface area contributed by atoms with Crippen molar-refractivity contribution in [3.63, 3.8) is 0 Å². The Morgan fingerprint density at radius 2 is 1.92 bits per heavy atom. The minimum absolute atomic E-state index is 0.345. The molecule has 5 nitrogen and oxygen atoms in total. The molecule has 138 valence electrons. The molecule has 0 fully saturated rings. The number of benzene rings is 1. The highest BCUT2D eigenvalue weighted by Gasteiger charge is 2.25. The van der Waals surface area contributed by atoms with Crippen molar-refractivity contribution in [3.05, 3.63) is 42.6 Å². The van der Waals surface area contributed by atoms with Gasteiger partial charge in [-0.15, -0.1) is 11.3 Å². The van der Waals surface area contributed by atoms with Crippen molar-refractivity contribution in [1.82, 2.24) is 0 Å². The molecule has 1 heterocycles. The summed E-state index contributed by atoms with van der Waals surface area (Å²) in [6.07, 6.45) is 5.01. The van der Waals surface area contributed by atoms with Crippen LogP contribution in [0.5, 0.6) is 5.75 Å². The number of primary amides is 1. The van der Waals surface area contributed by atoms with Crippen LogP contribution in [0.2, 0.25) is 0 Å². The number of nitrogens with two attached hydrogens (primary N) is 1. The highest BCUT2D eigenvalue weighted by molar-refractivity contribution is 9.11. The van der Waals surface area contributed by atoms with E-state index in [0.29, 0.717) is 26.4 Å². The van der Waals surface area contributed by atoms with Crippen LogP contribution >= 0.6 is 43.2 Å². The third-order valence-electron chi connectivity index (χ3n) is 4.35. The molecule has 0 saturated heterocycles. The third kappa shape index (κ3) is 3.82. The molecule has 8 heteroatoms. The summed E-state index contributed by atoms with van der Waals surface area (Å²) in [6.45, 7) is 0. The average molecular weight is 502 g/mol. The van der Waals surface area contributed by atoms with Gasteiger partial charge in [0.1, 0.15) is 10.8 Å². The van der Waals surface area contributed by atoms with Crippen molar-refractivity contribution in [3.8, 4) is 5.75 Å². The Balaban J connectivity index is 1.99. The molecule has 0 aliphatic heterocycles. The number of carbonyl (C=O) groups is 2. The second-order valence-corrected chi connectivity index (χ2v) is 8.93. The lowest BCUT2D eigenvalue weighted by Gasteiger charge is -2.12. The summed E-state index contributed by atoms with van der Waals surface area (Å²) in [7, 11) is 1.51. The first-order valence-electron chi connectivity index (χ1n) is 8.21. The molecule has 1 aromatic carbocycles. The van der Waals surface area contributed by atoms with Gasteiger partial charge in [0.15, 0.2) is 0 Å². The molecular weight excluding hydrogens is 484 g/mol. The van der Waals surface area contributed by atoms with Gasteiger partial charge in [0.05, 0.1) is 22.7 Å². The summed E-state index contributed by atoms with van der Waals surface area (Å²) in [5.74, 6) is -0.408. The van der Waals surface area contributed by atoms with Gasteiger partial charge in [-0.25, -0.2) is 0 Å². The fraction of sp³-hybridized carbons (Fsp3) is 0.333. The lowest BCUT2D eigenvalue weighted by Crippen LogP contribution is -2.18. The summed E-state index contributed by atoms with van der Waals surface area (Å²) in [5, 5.41) is 3.39. The van der Waals surface area contributed by atoms with E-state index in [-0.39, 0.29) is 5.91 Å². The first kappa shape index (κ1) is 19.4. The van der Waals surface area contributed by atoms with Gasteiger partial charge in [-0.05, 0) is 59.3 Å². The maximum atomic E-state index is 12.9. The van der Waals surface area contributed by atoms with Crippen LogP contribution < -0.4 is 15.8 Å². The van der Waals surface area contributed by atoms with Crippen LogP contribution in [0.4, 0.5) is 5.00 Å². The van der Waals surface area contributed by atoms with Gasteiger partial charge in [0, 0.05) is 9.35 Å². The van der Waals surface area contributed by atoms with Gasteiger partial charge >= 0.3 is 0 Å². The summed E-state index contributed by atoms with van der Waals surface area (Å²) < 4.78 is 6.76. The van der Waals surface area contributed by atoms with Crippen LogP contribution in [-0.4, -0.2) is 18.9 Å². The summed E-state index contributed by atoms with van der Waals surface area (Å²) in [6, 6.07) is 3.49. The van der Waals surface area contributed by atoms with Gasteiger partial charge in [0.2, 0.25) is 0 Å². The zero-order valence-corrected chi connectivity index (χ0v) is 18.1. The molecule has 1 aliphatic carbocycles. The average Bonchev–Trinajstić information content (AvgIpc) is 2.75. The Hall–Kier alpha value is -1.38. The van der Waals surface area contributed by atoms with Crippen molar-refractivity contribution < 1.29 is 14.3 Å². The van der Waals surface area contributed by atoms with Crippen molar-refractivity contribution in [2.24, 2.45) is 5.73 Å². The Bertz CT molecular complexity index is 880. The standard InChI is InChI=1S/C18H18Br2N2O3S/c1-25-15-11(7-9(19)8-12(15)20)17(24)22-18-14(16(21)23)10-5-3-2-4-6-13(10)26-18/h7-8H,2-6H2,1H3,(H2,21,23)(H,22,24). The summed E-state index contributed by atoms with van der Waals surface area (Å²) in [4.78, 5) is 26.1. The molecule has 0 bridgehead atoms. The third-order valence-corrected chi connectivity index (χ3v) is 6.61. The Morgan fingerprint density at radius 1 is 1.19 bits per heavy atom. The molecule has 0 spiro atoms. The van der Waals surface area contributed by atoms with E-state index in [2.05, 4.69) is 37.2 Å². The van der Waals surface area contributed by atoms with Gasteiger partial charge in [-0.3, -0.25) is 9.59 Å². The molecule has 0 atom stereocenters. The molecule has 3 N–H and O–H groups in total. The lowest BCUT2D eigenvalue weighted by molar-refractivity contribution is 0.100. The fourth-order valence-corrected chi connectivity index (χ4v) is 5.88. The quantitative estimate of drug-likeness (QED) is 0.584. The number of carbonyl (C=O) groups excluding carboxylic acids is 2. The van der Waals surface area contributed by atoms with Crippen molar-refractivity contribution in [2.45, 2.75) is 32.1 Å². The SMILES string of the molecule is COc1c(Br)cc(Br)cc1C(=O)Nc1sc2c(c1C(N)=O)CCCCC2. The van der Waals surface area contributed by atoms with E-state index >= 15 is 0 Å². The number of ether oxygens (including phenoxy) is 1. The highest BCUT2D eigenvalue weighted by Crippen LogP contribution is 2.38. The van der Waals surface area contributed by atoms with Crippen LogP contribution in [0.1, 0.15) is 50.4 Å². The van der Waals surface area contributed by atoms with E-state index < -0.39 is 5.91 Å². The normalized spacial score (nSPS) is 13.7. The van der Waals surface area contributed by atoms with E-state index in [0.717, 1.165) is 47.0 Å². The van der Waals surface area contributed by atoms with Crippen LogP contribution in [0, 0.1) is 0 Å². The number of thiophene rings is 1. The van der Waals surface area contributed by atoms with E-state index in [1.54, 1.807) is 12.1 Å². The number of halogens is 2. The van der Waals surface area contributed by atoms with Crippen molar-refractivity contribution in [1.29, 1.82) is 0 Å². The minimum Gasteiger partial charge on any atom is -0.495 e. The molecule has 26 heavy (non-hydrogen) atoms. The molecule has 0 radical (unpaired) electrons. The molecule has 2 amide bonds. The molecule has 0 unspecified atom stereocenters. The fourth-order valence-electron chi connectivity index (χ4n) is 3.20. The van der Waals surface area contributed by atoms with Crippen LogP contribution in [-0.2, 0) is 12.8 Å². The van der Waals surface area contributed by atoms with Crippen molar-refractivity contribution in [2.75, 3.05) is 12.4 Å². The smallest absolute Gasteiger partial charge is 0.260 e. The number of amides is 2. The lowest BCUT2D eigenvalue weighted by atomic mass is 10.1. The first-order chi connectivity index (χ1) is 12.4. The zero-order valence-electron chi connectivity index (χ0n) is 14.2. The van der Waals surface area contributed by atoms with Gasteiger partial charge < -0.3 is 15.8 Å². The summed E-state index contributed by atoms with van der Waals surface area (Å²) in [5.41, 5.74) is 7.45. The molecule has 1 aliphatic rings. The number of rotatable bonds is 4. The monoisotopic (exact) mass is 500 g/mol. The van der Waals surface area contributed by atoms with Crippen LogP contribution in [0.3, 0.4) is 0 Å². The van der Waals surface area contributed by atoms with Gasteiger partial charge in [-0.1, -0.05) is 22.4 Å². The topological polar surface area (TPSA) is 81.4 Å². The maximum absolute atomic E-state index is 12.9. The number of hydrogen-bond acceptors (Lipinski definition) is 4. The number of aryl methyl sites for hydroxylation is 1. The van der Waals surface area contributed by atoms with Gasteiger partial charge in [-0.2, -0.15) is 0 Å². The molecule has 2 aromatic rings. The predicted octanol–water partition coefficient (Wildman–Crippen LogP) is 4.90. The number of nitrogens with one attached hydrogen (secondary N) is 1. The van der Waals surface area contributed by atoms with Crippen molar-refractivity contribution >= 4 is 60.0 Å². The predicted molar refractivity (Wildman–Crippen MR) is 110 cm³/mol. The maximum Gasteiger partial charge on any atom is 0.260 e. The van der Waals surface area contributed by atoms with E-state index in [1.807, 2.05) is 0 Å². The number of anilines is 1. The first-order valence-corrected chi connectivity index (χ1v) is 10.6. The second kappa shape index (κ2) is 8.10. The molecule has 0 saturated carbocycles. The molecular formula is C18H18Br2N2O3S. The van der Waals surface area contributed by atoms with Crippen LogP contribution in [0.25, 0.3) is 0 Å². The number of hydrogen-bond donors (Lipinski definition) is 2. The Morgan fingerprint density at radius 3 is 2.62 bits per heavy atom. The van der Waals surface area contributed by atoms with Gasteiger partial charge in [0.25, 0.3) is 11.8 Å². The Kier molecular flexibility index (Phi) is 6.04. The Labute approximate surface area is 172 Å².